The lowest BCUT2D eigenvalue weighted by molar-refractivity contribution is 0.0694. The van der Waals surface area contributed by atoms with Gasteiger partial charge in [-0.05, 0) is 41.1 Å². The Morgan fingerprint density at radius 1 is 1.43 bits per heavy atom. The number of carboxylic acids is 1. The van der Waals surface area contributed by atoms with E-state index in [2.05, 4.69) is 21.2 Å². The zero-order valence-corrected chi connectivity index (χ0v) is 12.7. The van der Waals surface area contributed by atoms with Crippen molar-refractivity contribution in [3.05, 3.63) is 51.4 Å². The Hall–Kier alpha value is -2.28. The number of hydrogen-bond acceptors (Lipinski definition) is 4. The van der Waals surface area contributed by atoms with Crippen LogP contribution < -0.4 is 11.1 Å². The van der Waals surface area contributed by atoms with Crippen LogP contribution in [0.1, 0.15) is 32.2 Å². The average Bonchev–Trinajstić information content (AvgIpc) is 2.77. The van der Waals surface area contributed by atoms with Crippen LogP contribution in [0.5, 0.6) is 0 Å². The van der Waals surface area contributed by atoms with Gasteiger partial charge in [-0.2, -0.15) is 0 Å². The molecule has 0 bridgehead atoms. The zero-order chi connectivity index (χ0) is 15.6. The molecule has 0 radical (unpaired) electrons. The normalized spacial score (nSPS) is 10.4. The van der Waals surface area contributed by atoms with E-state index in [1.165, 1.54) is 6.07 Å². The molecule has 21 heavy (non-hydrogen) atoms. The topological polar surface area (TPSA) is 106 Å². The van der Waals surface area contributed by atoms with E-state index in [4.69, 9.17) is 15.3 Å². The van der Waals surface area contributed by atoms with Gasteiger partial charge in [-0.1, -0.05) is 6.07 Å². The quantitative estimate of drug-likeness (QED) is 0.767. The van der Waals surface area contributed by atoms with E-state index in [0.29, 0.717) is 27.2 Å². The number of carbonyl (C=O) groups is 2. The minimum Gasteiger partial charge on any atom is -0.478 e. The highest BCUT2D eigenvalue weighted by Crippen LogP contribution is 2.25. The molecule has 1 amide bonds. The molecule has 110 valence electrons. The third-order valence-corrected chi connectivity index (χ3v) is 3.57. The van der Waals surface area contributed by atoms with Crippen molar-refractivity contribution in [1.82, 2.24) is 0 Å². The predicted molar refractivity (Wildman–Crippen MR) is 80.4 cm³/mol. The summed E-state index contributed by atoms with van der Waals surface area (Å²) in [6, 6.07) is 6.63. The van der Waals surface area contributed by atoms with Crippen molar-refractivity contribution in [2.75, 3.05) is 5.32 Å². The van der Waals surface area contributed by atoms with E-state index >= 15 is 0 Å². The van der Waals surface area contributed by atoms with Crippen LogP contribution in [-0.4, -0.2) is 17.0 Å². The maximum atomic E-state index is 11.5. The van der Waals surface area contributed by atoms with Crippen LogP contribution in [0, 0.1) is 6.92 Å². The fourth-order valence-electron chi connectivity index (χ4n) is 1.95. The molecular weight excluding hydrogens is 340 g/mol. The van der Waals surface area contributed by atoms with Gasteiger partial charge in [0.2, 0.25) is 0 Å². The standard InChI is InChI=1S/C14H13BrN2O4/c1-7-9(14(19)20)5-8(21-7)6-17-11-4-2-3-10(15)12(11)13(16)18/h2-5,17H,6H2,1H3,(H2,16,18)(H,19,20). The number of nitrogens with two attached hydrogens (primary N) is 1. The number of hydrogen-bond donors (Lipinski definition) is 3. The highest BCUT2D eigenvalue weighted by molar-refractivity contribution is 9.10. The molecule has 6 nitrogen and oxygen atoms in total. The highest BCUT2D eigenvalue weighted by Gasteiger charge is 2.15. The lowest BCUT2D eigenvalue weighted by Gasteiger charge is -2.10. The number of rotatable bonds is 5. The number of benzene rings is 1. The number of nitrogens with one attached hydrogen (secondary N) is 1. The fraction of sp³-hybridized carbons (Fsp3) is 0.143. The van der Waals surface area contributed by atoms with Crippen LogP contribution in [0.25, 0.3) is 0 Å². The first-order chi connectivity index (χ1) is 9.90. The van der Waals surface area contributed by atoms with Crippen molar-refractivity contribution in [3.8, 4) is 0 Å². The molecule has 0 saturated carbocycles. The first kappa shape index (κ1) is 15.1. The fourth-order valence-corrected chi connectivity index (χ4v) is 2.51. The number of carboxylic acid groups (broad SMARTS) is 1. The number of furan rings is 1. The van der Waals surface area contributed by atoms with Crippen LogP contribution in [0.3, 0.4) is 0 Å². The van der Waals surface area contributed by atoms with Gasteiger partial charge in [-0.3, -0.25) is 4.79 Å². The molecule has 0 atom stereocenters. The molecule has 0 fully saturated rings. The molecule has 4 N–H and O–H groups in total. The summed E-state index contributed by atoms with van der Waals surface area (Å²) in [4.78, 5) is 22.4. The van der Waals surface area contributed by atoms with Gasteiger partial charge < -0.3 is 20.6 Å². The Morgan fingerprint density at radius 2 is 2.14 bits per heavy atom. The Balaban J connectivity index is 2.21. The number of aromatic carboxylic acids is 1. The van der Waals surface area contributed by atoms with Crippen LogP contribution >= 0.6 is 15.9 Å². The monoisotopic (exact) mass is 352 g/mol. The largest absolute Gasteiger partial charge is 0.478 e. The van der Waals surface area contributed by atoms with Gasteiger partial charge in [-0.25, -0.2) is 4.79 Å². The summed E-state index contributed by atoms with van der Waals surface area (Å²) < 4.78 is 5.94. The van der Waals surface area contributed by atoms with Crippen molar-refractivity contribution >= 4 is 33.5 Å². The van der Waals surface area contributed by atoms with Crippen molar-refractivity contribution in [3.63, 3.8) is 0 Å². The second kappa shape index (κ2) is 6.01. The van der Waals surface area contributed by atoms with Gasteiger partial charge in [0.05, 0.1) is 12.1 Å². The molecule has 2 rings (SSSR count). The summed E-state index contributed by atoms with van der Waals surface area (Å²) in [7, 11) is 0. The molecule has 0 spiro atoms. The second-order valence-corrected chi connectivity index (χ2v) is 5.22. The summed E-state index contributed by atoms with van der Waals surface area (Å²) >= 11 is 3.27. The minimum absolute atomic E-state index is 0.121. The SMILES string of the molecule is Cc1oc(CNc2cccc(Br)c2C(N)=O)cc1C(=O)O. The molecule has 0 aliphatic rings. The minimum atomic E-state index is -1.04. The van der Waals surface area contributed by atoms with E-state index in [1.54, 1.807) is 25.1 Å². The van der Waals surface area contributed by atoms with Crippen LogP contribution in [0.2, 0.25) is 0 Å². The maximum Gasteiger partial charge on any atom is 0.339 e. The van der Waals surface area contributed by atoms with Crippen LogP contribution in [0.4, 0.5) is 5.69 Å². The molecule has 0 aliphatic heterocycles. The smallest absolute Gasteiger partial charge is 0.339 e. The summed E-state index contributed by atoms with van der Waals surface area (Å²) in [6.07, 6.45) is 0. The Labute approximate surface area is 129 Å². The third kappa shape index (κ3) is 3.25. The van der Waals surface area contributed by atoms with E-state index < -0.39 is 11.9 Å². The second-order valence-electron chi connectivity index (χ2n) is 4.37. The number of halogens is 1. The first-order valence-electron chi connectivity index (χ1n) is 6.05. The molecule has 0 aliphatic carbocycles. The van der Waals surface area contributed by atoms with Gasteiger partial charge in [0, 0.05) is 10.2 Å². The van der Waals surface area contributed by atoms with E-state index in [0.717, 1.165) is 0 Å². The van der Waals surface area contributed by atoms with Crippen molar-refractivity contribution in [2.24, 2.45) is 5.73 Å². The lowest BCUT2D eigenvalue weighted by Crippen LogP contribution is -2.15. The highest BCUT2D eigenvalue weighted by atomic mass is 79.9. The van der Waals surface area contributed by atoms with Crippen molar-refractivity contribution in [2.45, 2.75) is 13.5 Å². The van der Waals surface area contributed by atoms with Crippen LogP contribution in [-0.2, 0) is 6.54 Å². The molecule has 2 aromatic rings. The number of primary amides is 1. The maximum absolute atomic E-state index is 11.5. The molecule has 0 saturated heterocycles. The summed E-state index contributed by atoms with van der Waals surface area (Å²) in [5, 5.41) is 12.0. The number of aryl methyl sites for hydroxylation is 1. The Bertz CT molecular complexity index is 709. The van der Waals surface area contributed by atoms with Gasteiger partial charge in [0.15, 0.2) is 0 Å². The van der Waals surface area contributed by atoms with E-state index in [1.807, 2.05) is 0 Å². The van der Waals surface area contributed by atoms with E-state index in [9.17, 15) is 9.59 Å². The molecule has 1 aromatic heterocycles. The zero-order valence-electron chi connectivity index (χ0n) is 11.1. The van der Waals surface area contributed by atoms with Crippen LogP contribution in [0.15, 0.2) is 33.2 Å². The number of carbonyl (C=O) groups excluding carboxylic acids is 1. The lowest BCUT2D eigenvalue weighted by atomic mass is 10.1. The van der Waals surface area contributed by atoms with Crippen molar-refractivity contribution < 1.29 is 19.1 Å². The van der Waals surface area contributed by atoms with E-state index in [-0.39, 0.29) is 12.1 Å². The molecule has 1 heterocycles. The van der Waals surface area contributed by atoms with Gasteiger partial charge in [-0.15, -0.1) is 0 Å². The van der Waals surface area contributed by atoms with Gasteiger partial charge in [0.25, 0.3) is 5.91 Å². The Kier molecular flexibility index (Phi) is 4.32. The predicted octanol–water partition coefficient (Wildman–Crippen LogP) is 2.76. The number of amides is 1. The first-order valence-corrected chi connectivity index (χ1v) is 6.84. The number of anilines is 1. The summed E-state index contributed by atoms with van der Waals surface area (Å²) in [6.45, 7) is 1.83. The molecule has 7 heteroatoms. The average molecular weight is 353 g/mol. The molecule has 0 unspecified atom stereocenters. The molecular formula is C14H13BrN2O4. The summed E-state index contributed by atoms with van der Waals surface area (Å²) in [5.41, 5.74) is 6.34. The van der Waals surface area contributed by atoms with Crippen molar-refractivity contribution in [1.29, 1.82) is 0 Å². The van der Waals surface area contributed by atoms with Gasteiger partial charge >= 0.3 is 5.97 Å². The molecule has 1 aromatic carbocycles. The Morgan fingerprint density at radius 3 is 2.71 bits per heavy atom. The summed E-state index contributed by atoms with van der Waals surface area (Å²) in [5.74, 6) is -0.807. The van der Waals surface area contributed by atoms with Gasteiger partial charge in [0.1, 0.15) is 17.1 Å². The third-order valence-electron chi connectivity index (χ3n) is 2.91.